The maximum atomic E-state index is 5.85. The second-order valence-corrected chi connectivity index (χ2v) is 5.93. The Hall–Kier alpha value is -1.75. The van der Waals surface area contributed by atoms with Gasteiger partial charge in [0.05, 0.1) is 22.4 Å². The van der Waals surface area contributed by atoms with Gasteiger partial charge in [-0.1, -0.05) is 6.92 Å². The zero-order valence-electron chi connectivity index (χ0n) is 12.3. The number of benzene rings is 1. The Morgan fingerprint density at radius 2 is 2.05 bits per heavy atom. The maximum Gasteiger partial charge on any atom is 0.0767 e. The van der Waals surface area contributed by atoms with Crippen molar-refractivity contribution in [3.8, 4) is 0 Å². The van der Waals surface area contributed by atoms with Gasteiger partial charge in [-0.15, -0.1) is 0 Å². The molecule has 0 amide bonds. The summed E-state index contributed by atoms with van der Waals surface area (Å²) in [7, 11) is 0. The topological polar surface area (TPSA) is 48.8 Å². The number of nitrogen functional groups attached to an aromatic ring is 1. The number of nitrogens with two attached hydrogens (primary N) is 1. The third-order valence-corrected chi connectivity index (χ3v) is 4.72. The van der Waals surface area contributed by atoms with Crippen LogP contribution in [0.25, 0.3) is 10.9 Å². The summed E-state index contributed by atoms with van der Waals surface area (Å²) in [6, 6.07) is 8.14. The molecule has 0 radical (unpaired) electrons. The number of halogens is 1. The van der Waals surface area contributed by atoms with Crippen molar-refractivity contribution in [2.75, 3.05) is 5.73 Å². The molecule has 0 fully saturated rings. The van der Waals surface area contributed by atoms with Gasteiger partial charge in [-0.25, -0.2) is 0 Å². The molecule has 0 aliphatic heterocycles. The monoisotopic (exact) mass is 346 g/mol. The molecule has 1 aromatic carbocycles. The summed E-state index contributed by atoms with van der Waals surface area (Å²) in [4.78, 5) is 0. The van der Waals surface area contributed by atoms with E-state index in [1.165, 1.54) is 16.6 Å². The van der Waals surface area contributed by atoms with Gasteiger partial charge in [-0.2, -0.15) is 5.10 Å². The van der Waals surface area contributed by atoms with Crippen molar-refractivity contribution in [1.82, 2.24) is 14.3 Å². The summed E-state index contributed by atoms with van der Waals surface area (Å²) < 4.78 is 5.44. The van der Waals surface area contributed by atoms with Crippen LogP contribution in [0, 0.1) is 0 Å². The average molecular weight is 347 g/mol. The quantitative estimate of drug-likeness (QED) is 0.730. The predicted molar refractivity (Wildman–Crippen MR) is 90.4 cm³/mol. The Morgan fingerprint density at radius 3 is 2.76 bits per heavy atom. The molecule has 0 saturated heterocycles. The molecule has 0 atom stereocenters. The number of aryl methyl sites for hydroxylation is 2. The summed E-state index contributed by atoms with van der Waals surface area (Å²) in [5, 5.41) is 5.83. The molecule has 0 aliphatic carbocycles. The number of rotatable bonds is 4. The fourth-order valence-corrected chi connectivity index (χ4v) is 3.38. The van der Waals surface area contributed by atoms with Gasteiger partial charge in [0.15, 0.2) is 0 Å². The van der Waals surface area contributed by atoms with Crippen LogP contribution in [0.3, 0.4) is 0 Å². The molecule has 5 heteroatoms. The van der Waals surface area contributed by atoms with Gasteiger partial charge in [-0.05, 0) is 53.5 Å². The van der Waals surface area contributed by atoms with E-state index in [0.717, 1.165) is 35.4 Å². The Kier molecular flexibility index (Phi) is 3.76. The molecular weight excluding hydrogens is 328 g/mol. The maximum absolute atomic E-state index is 5.85. The first kappa shape index (κ1) is 14.2. The van der Waals surface area contributed by atoms with Crippen LogP contribution in [0.15, 0.2) is 34.9 Å². The second-order valence-electron chi connectivity index (χ2n) is 5.14. The molecule has 21 heavy (non-hydrogen) atoms. The summed E-state index contributed by atoms with van der Waals surface area (Å²) >= 11 is 3.71. The molecular formula is C16H19BrN4. The lowest BCUT2D eigenvalue weighted by Gasteiger charge is -2.08. The molecule has 3 rings (SSSR count). The Bertz CT molecular complexity index is 785. The van der Waals surface area contributed by atoms with E-state index in [9.17, 15) is 0 Å². The van der Waals surface area contributed by atoms with Gasteiger partial charge in [0, 0.05) is 29.3 Å². The summed E-state index contributed by atoms with van der Waals surface area (Å²) in [6.45, 7) is 5.93. The lowest BCUT2D eigenvalue weighted by atomic mass is 10.2. The molecule has 2 aromatic heterocycles. The van der Waals surface area contributed by atoms with Gasteiger partial charge in [-0.3, -0.25) is 4.68 Å². The van der Waals surface area contributed by atoms with Crippen LogP contribution >= 0.6 is 15.9 Å². The van der Waals surface area contributed by atoms with Crippen LogP contribution in [0.1, 0.15) is 25.2 Å². The average Bonchev–Trinajstić information content (AvgIpc) is 3.01. The van der Waals surface area contributed by atoms with Crippen LogP contribution in [-0.2, 0) is 19.5 Å². The predicted octanol–water partition coefficient (Wildman–Crippen LogP) is 3.81. The Balaban J connectivity index is 2.04. The Morgan fingerprint density at radius 1 is 1.24 bits per heavy atom. The summed E-state index contributed by atoms with van der Waals surface area (Å²) in [6.07, 6.45) is 3.04. The number of anilines is 1. The van der Waals surface area contributed by atoms with Crippen LogP contribution in [0.5, 0.6) is 0 Å². The first-order valence-corrected chi connectivity index (χ1v) is 8.01. The van der Waals surface area contributed by atoms with Crippen molar-refractivity contribution >= 4 is 32.5 Å². The van der Waals surface area contributed by atoms with E-state index in [2.05, 4.69) is 62.5 Å². The molecule has 110 valence electrons. The van der Waals surface area contributed by atoms with Gasteiger partial charge in [0.1, 0.15) is 0 Å². The number of aromatic nitrogens is 3. The smallest absolute Gasteiger partial charge is 0.0767 e. The van der Waals surface area contributed by atoms with Gasteiger partial charge < -0.3 is 10.3 Å². The molecule has 0 spiro atoms. The third kappa shape index (κ3) is 2.46. The van der Waals surface area contributed by atoms with E-state index in [4.69, 9.17) is 5.73 Å². The van der Waals surface area contributed by atoms with Crippen molar-refractivity contribution < 1.29 is 0 Å². The van der Waals surface area contributed by atoms with E-state index < -0.39 is 0 Å². The number of nitrogens with zero attached hydrogens (tertiary/aromatic N) is 3. The largest absolute Gasteiger partial charge is 0.399 e. The molecule has 0 unspecified atom stereocenters. The zero-order valence-corrected chi connectivity index (χ0v) is 13.9. The molecule has 2 heterocycles. The van der Waals surface area contributed by atoms with Crippen LogP contribution < -0.4 is 5.73 Å². The molecule has 4 nitrogen and oxygen atoms in total. The molecule has 0 aliphatic rings. The fourth-order valence-electron chi connectivity index (χ4n) is 2.69. The summed E-state index contributed by atoms with van der Waals surface area (Å²) in [5.74, 6) is 0. The van der Waals surface area contributed by atoms with Crippen molar-refractivity contribution in [2.45, 2.75) is 33.4 Å². The molecule has 0 saturated carbocycles. The second kappa shape index (κ2) is 5.56. The highest BCUT2D eigenvalue weighted by Crippen LogP contribution is 2.25. The van der Waals surface area contributed by atoms with Crippen LogP contribution in [0.2, 0.25) is 0 Å². The van der Waals surface area contributed by atoms with Crippen molar-refractivity contribution in [1.29, 1.82) is 0 Å². The highest BCUT2D eigenvalue weighted by atomic mass is 79.9. The van der Waals surface area contributed by atoms with E-state index in [0.29, 0.717) is 0 Å². The normalized spacial score (nSPS) is 11.4. The molecule has 2 N–H and O–H groups in total. The number of fused-ring (bicyclic) bond motifs is 1. The minimum Gasteiger partial charge on any atom is -0.399 e. The van der Waals surface area contributed by atoms with Gasteiger partial charge in [0.25, 0.3) is 0 Å². The van der Waals surface area contributed by atoms with Gasteiger partial charge >= 0.3 is 0 Å². The van der Waals surface area contributed by atoms with E-state index in [1.54, 1.807) is 0 Å². The van der Waals surface area contributed by atoms with Crippen LogP contribution in [0.4, 0.5) is 5.69 Å². The van der Waals surface area contributed by atoms with E-state index >= 15 is 0 Å². The van der Waals surface area contributed by atoms with Crippen molar-refractivity contribution in [3.63, 3.8) is 0 Å². The highest BCUT2D eigenvalue weighted by molar-refractivity contribution is 9.10. The Labute approximate surface area is 132 Å². The lowest BCUT2D eigenvalue weighted by Crippen LogP contribution is -2.07. The standard InChI is InChI=1S/C16H19BrN4/c1-3-13-16(17)15(21(4-2)19-13)10-20-8-7-11-9-12(18)5-6-14(11)20/h5-9H,3-4,10,18H2,1-2H3. The summed E-state index contributed by atoms with van der Waals surface area (Å²) in [5.41, 5.74) is 10.2. The highest BCUT2D eigenvalue weighted by Gasteiger charge is 2.14. The molecule has 3 aromatic rings. The minimum absolute atomic E-state index is 0.799. The van der Waals surface area contributed by atoms with Crippen molar-refractivity contribution in [3.05, 3.63) is 46.3 Å². The molecule has 0 bridgehead atoms. The first-order chi connectivity index (χ1) is 10.1. The van der Waals surface area contributed by atoms with E-state index in [1.807, 2.05) is 12.1 Å². The fraction of sp³-hybridized carbons (Fsp3) is 0.312. The lowest BCUT2D eigenvalue weighted by molar-refractivity contribution is 0.598. The third-order valence-electron chi connectivity index (χ3n) is 3.81. The minimum atomic E-state index is 0.799. The van der Waals surface area contributed by atoms with Crippen LogP contribution in [-0.4, -0.2) is 14.3 Å². The first-order valence-electron chi connectivity index (χ1n) is 7.22. The van der Waals surface area contributed by atoms with Gasteiger partial charge in [0.2, 0.25) is 0 Å². The van der Waals surface area contributed by atoms with Crippen molar-refractivity contribution in [2.24, 2.45) is 0 Å². The number of hydrogen-bond acceptors (Lipinski definition) is 2. The zero-order chi connectivity index (χ0) is 15.0. The SMILES string of the molecule is CCc1nn(CC)c(Cn2ccc3cc(N)ccc32)c1Br. The van der Waals surface area contributed by atoms with E-state index in [-0.39, 0.29) is 0 Å². The number of hydrogen-bond donors (Lipinski definition) is 1.